The summed E-state index contributed by atoms with van der Waals surface area (Å²) in [6.07, 6.45) is 1.82. The number of nitrogens with zero attached hydrogens (tertiary/aromatic N) is 3. The van der Waals surface area contributed by atoms with E-state index >= 15 is 0 Å². The zero-order valence-electron chi connectivity index (χ0n) is 8.99. The van der Waals surface area contributed by atoms with Crippen molar-refractivity contribution in [2.24, 2.45) is 0 Å². The summed E-state index contributed by atoms with van der Waals surface area (Å²) in [7, 11) is 0. The number of halogens is 1. The van der Waals surface area contributed by atoms with Crippen LogP contribution < -0.4 is 5.32 Å². The number of anilines is 1. The van der Waals surface area contributed by atoms with Crippen LogP contribution in [0.15, 0.2) is 11.7 Å². The summed E-state index contributed by atoms with van der Waals surface area (Å²) < 4.78 is 0. The van der Waals surface area contributed by atoms with Crippen molar-refractivity contribution in [1.82, 2.24) is 15.0 Å². The monoisotopic (exact) mass is 254 g/mol. The Bertz CT molecular complexity index is 484. The first-order chi connectivity index (χ1) is 7.66. The lowest BCUT2D eigenvalue weighted by molar-refractivity contribution is 1.02. The van der Waals surface area contributed by atoms with Crippen molar-refractivity contribution in [2.45, 2.75) is 20.4 Å². The Hall–Kier alpha value is -1.20. The summed E-state index contributed by atoms with van der Waals surface area (Å²) in [5.41, 5.74) is 3.54. The molecule has 0 atom stereocenters. The van der Waals surface area contributed by atoms with Gasteiger partial charge in [0.1, 0.15) is 0 Å². The van der Waals surface area contributed by atoms with Crippen LogP contribution in [0.2, 0.25) is 5.15 Å². The number of thiazole rings is 1. The third-order valence-electron chi connectivity index (χ3n) is 2.18. The molecule has 0 radical (unpaired) electrons. The normalized spacial score (nSPS) is 10.4. The molecule has 0 aliphatic rings. The Morgan fingerprint density at radius 2 is 2.06 bits per heavy atom. The van der Waals surface area contributed by atoms with Gasteiger partial charge in [-0.25, -0.2) is 9.97 Å². The second kappa shape index (κ2) is 4.76. The van der Waals surface area contributed by atoms with Gasteiger partial charge in [-0.1, -0.05) is 11.6 Å². The van der Waals surface area contributed by atoms with E-state index in [4.69, 9.17) is 11.6 Å². The molecule has 0 aliphatic carbocycles. The highest BCUT2D eigenvalue weighted by molar-refractivity contribution is 7.09. The maximum atomic E-state index is 5.99. The molecule has 84 valence electrons. The van der Waals surface area contributed by atoms with Crippen molar-refractivity contribution in [3.63, 3.8) is 0 Å². The van der Waals surface area contributed by atoms with Crippen molar-refractivity contribution in [3.8, 4) is 0 Å². The lowest BCUT2D eigenvalue weighted by Crippen LogP contribution is -2.04. The fourth-order valence-corrected chi connectivity index (χ4v) is 1.96. The van der Waals surface area contributed by atoms with Crippen molar-refractivity contribution >= 4 is 28.8 Å². The summed E-state index contributed by atoms with van der Waals surface area (Å²) in [6.45, 7) is 4.47. The van der Waals surface area contributed by atoms with Crippen molar-refractivity contribution in [1.29, 1.82) is 0 Å². The Labute approximate surface area is 103 Å². The minimum atomic E-state index is 0.410. The van der Waals surface area contributed by atoms with E-state index in [2.05, 4.69) is 20.3 Å². The smallest absolute Gasteiger partial charge is 0.171 e. The number of aryl methyl sites for hydroxylation is 2. The summed E-state index contributed by atoms with van der Waals surface area (Å²) in [5, 5.41) is 3.56. The summed E-state index contributed by atoms with van der Waals surface area (Å²) in [6, 6.07) is 0. The molecule has 0 aromatic carbocycles. The second-order valence-corrected chi connectivity index (χ2v) is 4.68. The van der Waals surface area contributed by atoms with Gasteiger partial charge >= 0.3 is 0 Å². The fourth-order valence-electron chi connectivity index (χ4n) is 1.19. The Morgan fingerprint density at radius 3 is 2.75 bits per heavy atom. The van der Waals surface area contributed by atoms with E-state index < -0.39 is 0 Å². The van der Waals surface area contributed by atoms with Gasteiger partial charge in [0.15, 0.2) is 11.0 Å². The zero-order chi connectivity index (χ0) is 11.5. The number of nitrogens with one attached hydrogen (secondary N) is 1. The highest BCUT2D eigenvalue weighted by atomic mass is 35.5. The van der Waals surface area contributed by atoms with Gasteiger partial charge in [-0.3, -0.25) is 4.98 Å². The van der Waals surface area contributed by atoms with Crippen LogP contribution in [0.5, 0.6) is 0 Å². The van der Waals surface area contributed by atoms with Crippen LogP contribution in [0.1, 0.15) is 16.3 Å². The third-order valence-corrected chi connectivity index (χ3v) is 3.22. The van der Waals surface area contributed by atoms with Crippen molar-refractivity contribution in [2.75, 3.05) is 5.32 Å². The van der Waals surface area contributed by atoms with E-state index in [1.54, 1.807) is 16.8 Å². The van der Waals surface area contributed by atoms with Crippen LogP contribution in [-0.4, -0.2) is 15.0 Å². The molecule has 6 heteroatoms. The molecule has 2 aromatic rings. The SMILES string of the molecule is Cc1nc(Cl)c(NCc2cncs2)nc1C. The largest absolute Gasteiger partial charge is 0.363 e. The standard InChI is InChI=1S/C10H11ClN4S/c1-6-7(2)15-10(9(11)14-6)13-4-8-3-12-5-16-8/h3,5H,4H2,1-2H3,(H,13,15). The lowest BCUT2D eigenvalue weighted by Gasteiger charge is -2.07. The summed E-state index contributed by atoms with van der Waals surface area (Å²) in [4.78, 5) is 13.7. The summed E-state index contributed by atoms with van der Waals surface area (Å²) in [5.74, 6) is 0.623. The number of hydrogen-bond acceptors (Lipinski definition) is 5. The molecule has 2 heterocycles. The molecule has 0 aliphatic heterocycles. The van der Waals surface area contributed by atoms with Gasteiger partial charge in [0.2, 0.25) is 0 Å². The molecule has 16 heavy (non-hydrogen) atoms. The van der Waals surface area contributed by atoms with Crippen LogP contribution in [-0.2, 0) is 6.54 Å². The molecule has 0 amide bonds. The number of hydrogen-bond donors (Lipinski definition) is 1. The topological polar surface area (TPSA) is 50.7 Å². The average molecular weight is 255 g/mol. The van der Waals surface area contributed by atoms with E-state index in [0.717, 1.165) is 16.3 Å². The first-order valence-corrected chi connectivity index (χ1v) is 6.04. The minimum Gasteiger partial charge on any atom is -0.363 e. The molecule has 1 N–H and O–H groups in total. The van der Waals surface area contributed by atoms with Crippen LogP contribution in [0.3, 0.4) is 0 Å². The van der Waals surface area contributed by atoms with E-state index in [1.807, 2.05) is 20.0 Å². The van der Waals surface area contributed by atoms with Crippen molar-refractivity contribution in [3.05, 3.63) is 33.1 Å². The predicted molar refractivity (Wildman–Crippen MR) is 66.0 cm³/mol. The molecule has 0 saturated carbocycles. The highest BCUT2D eigenvalue weighted by Crippen LogP contribution is 2.19. The molecule has 0 spiro atoms. The second-order valence-electron chi connectivity index (χ2n) is 3.36. The maximum absolute atomic E-state index is 5.99. The van der Waals surface area contributed by atoms with Gasteiger partial charge in [0.25, 0.3) is 0 Å². The van der Waals surface area contributed by atoms with Gasteiger partial charge < -0.3 is 5.32 Å². The molecular weight excluding hydrogens is 244 g/mol. The first-order valence-electron chi connectivity index (χ1n) is 4.79. The highest BCUT2D eigenvalue weighted by Gasteiger charge is 2.06. The number of rotatable bonds is 3. The summed E-state index contributed by atoms with van der Waals surface area (Å²) >= 11 is 7.58. The van der Waals surface area contributed by atoms with Gasteiger partial charge in [0, 0.05) is 11.1 Å². The molecule has 4 nitrogen and oxygen atoms in total. The Kier molecular flexibility index (Phi) is 3.36. The third kappa shape index (κ3) is 2.48. The number of aromatic nitrogens is 3. The van der Waals surface area contributed by atoms with Crippen LogP contribution in [0, 0.1) is 13.8 Å². The Morgan fingerprint density at radius 1 is 1.31 bits per heavy atom. The van der Waals surface area contributed by atoms with Crippen molar-refractivity contribution < 1.29 is 0 Å². The fraction of sp³-hybridized carbons (Fsp3) is 0.300. The van der Waals surface area contributed by atoms with Gasteiger partial charge in [-0.2, -0.15) is 0 Å². The zero-order valence-corrected chi connectivity index (χ0v) is 10.6. The van der Waals surface area contributed by atoms with Crippen LogP contribution >= 0.6 is 22.9 Å². The quantitative estimate of drug-likeness (QED) is 0.915. The molecule has 0 bridgehead atoms. The van der Waals surface area contributed by atoms with Gasteiger partial charge in [-0.05, 0) is 13.8 Å². The Balaban J connectivity index is 2.12. The van der Waals surface area contributed by atoms with Crippen LogP contribution in [0.25, 0.3) is 0 Å². The molecule has 2 aromatic heterocycles. The van der Waals surface area contributed by atoms with Crippen LogP contribution in [0.4, 0.5) is 5.82 Å². The van der Waals surface area contributed by atoms with E-state index in [0.29, 0.717) is 17.5 Å². The average Bonchev–Trinajstić information content (AvgIpc) is 2.74. The molecular formula is C10H11ClN4S. The lowest BCUT2D eigenvalue weighted by atomic mass is 10.3. The van der Waals surface area contributed by atoms with Gasteiger partial charge in [0.05, 0.1) is 23.4 Å². The molecule has 0 fully saturated rings. The minimum absolute atomic E-state index is 0.410. The van der Waals surface area contributed by atoms with Gasteiger partial charge in [-0.15, -0.1) is 11.3 Å². The van der Waals surface area contributed by atoms with E-state index in [1.165, 1.54) is 0 Å². The molecule has 0 saturated heterocycles. The predicted octanol–water partition coefficient (Wildman–Crippen LogP) is 2.82. The van der Waals surface area contributed by atoms with E-state index in [-0.39, 0.29) is 0 Å². The first kappa shape index (κ1) is 11.3. The van der Waals surface area contributed by atoms with E-state index in [9.17, 15) is 0 Å². The molecule has 2 rings (SSSR count). The maximum Gasteiger partial charge on any atom is 0.171 e. The molecule has 0 unspecified atom stereocenters.